The second kappa shape index (κ2) is 8.83. The monoisotopic (exact) mass is 405 g/mol. The Morgan fingerprint density at radius 3 is 2.50 bits per heavy atom. The predicted octanol–water partition coefficient (Wildman–Crippen LogP) is 3.40. The molecular formula is C19H23N3O5S. The lowest BCUT2D eigenvalue weighted by atomic mass is 10.1. The van der Waals surface area contributed by atoms with Crippen molar-refractivity contribution in [2.24, 2.45) is 0 Å². The lowest BCUT2D eigenvalue weighted by Gasteiger charge is -2.24. The van der Waals surface area contributed by atoms with Gasteiger partial charge in [0.2, 0.25) is 15.9 Å². The van der Waals surface area contributed by atoms with Crippen molar-refractivity contribution in [2.45, 2.75) is 26.7 Å². The summed E-state index contributed by atoms with van der Waals surface area (Å²) in [6.45, 7) is 3.93. The van der Waals surface area contributed by atoms with Crippen LogP contribution in [0.2, 0.25) is 0 Å². The number of non-ortho nitro benzene ring substituents is 1. The van der Waals surface area contributed by atoms with Gasteiger partial charge in [0.1, 0.15) is 0 Å². The van der Waals surface area contributed by atoms with E-state index in [-0.39, 0.29) is 24.6 Å². The molecule has 0 spiro atoms. The molecule has 0 fully saturated rings. The van der Waals surface area contributed by atoms with Crippen molar-refractivity contribution in [1.82, 2.24) is 0 Å². The molecule has 1 N–H and O–H groups in total. The number of nitro groups is 1. The fourth-order valence-electron chi connectivity index (χ4n) is 2.77. The molecule has 0 saturated carbocycles. The number of hydrogen-bond donors (Lipinski definition) is 1. The molecular weight excluding hydrogens is 382 g/mol. The standard InChI is InChI=1S/C19H23N3O5S/c1-14-7-4-10-18(15(14)2)21(28(3,26)27)12-6-11-19(23)20-16-8-5-9-17(13-16)22(24)25/h4-5,7-10,13H,6,11-12H2,1-3H3,(H,20,23). The van der Waals surface area contributed by atoms with E-state index in [2.05, 4.69) is 5.32 Å². The summed E-state index contributed by atoms with van der Waals surface area (Å²) in [5.41, 5.74) is 2.66. The van der Waals surface area contributed by atoms with Crippen molar-refractivity contribution < 1.29 is 18.1 Å². The number of hydrogen-bond acceptors (Lipinski definition) is 5. The van der Waals surface area contributed by atoms with Crippen molar-refractivity contribution in [3.05, 3.63) is 63.7 Å². The van der Waals surface area contributed by atoms with Crippen LogP contribution in [0.25, 0.3) is 0 Å². The number of anilines is 2. The molecule has 150 valence electrons. The highest BCUT2D eigenvalue weighted by Crippen LogP contribution is 2.25. The van der Waals surface area contributed by atoms with Crippen LogP contribution in [-0.2, 0) is 14.8 Å². The van der Waals surface area contributed by atoms with E-state index in [1.807, 2.05) is 19.9 Å². The van der Waals surface area contributed by atoms with Gasteiger partial charge in [-0.1, -0.05) is 18.2 Å². The van der Waals surface area contributed by atoms with Crippen LogP contribution in [0, 0.1) is 24.0 Å². The molecule has 8 nitrogen and oxygen atoms in total. The fourth-order valence-corrected chi connectivity index (χ4v) is 3.79. The molecule has 0 heterocycles. The SMILES string of the molecule is Cc1cccc(N(CCCC(=O)Nc2cccc([N+](=O)[O-])c2)S(C)(=O)=O)c1C. The van der Waals surface area contributed by atoms with Crippen molar-refractivity contribution in [2.75, 3.05) is 22.4 Å². The number of amides is 1. The quantitative estimate of drug-likeness (QED) is 0.535. The van der Waals surface area contributed by atoms with Crippen LogP contribution >= 0.6 is 0 Å². The Labute approximate surface area is 164 Å². The highest BCUT2D eigenvalue weighted by Gasteiger charge is 2.20. The summed E-state index contributed by atoms with van der Waals surface area (Å²) in [5, 5.41) is 13.4. The molecule has 0 saturated heterocycles. The van der Waals surface area contributed by atoms with Crippen LogP contribution in [0.1, 0.15) is 24.0 Å². The van der Waals surface area contributed by atoms with Crippen LogP contribution < -0.4 is 9.62 Å². The maximum absolute atomic E-state index is 12.2. The van der Waals surface area contributed by atoms with Gasteiger partial charge in [-0.2, -0.15) is 0 Å². The van der Waals surface area contributed by atoms with E-state index in [0.29, 0.717) is 17.8 Å². The number of nitrogens with zero attached hydrogens (tertiary/aromatic N) is 2. The molecule has 2 aromatic rings. The summed E-state index contributed by atoms with van der Waals surface area (Å²) in [6.07, 6.45) is 1.53. The van der Waals surface area contributed by atoms with E-state index in [1.165, 1.54) is 22.5 Å². The first kappa shape index (κ1) is 21.4. The minimum absolute atomic E-state index is 0.0829. The van der Waals surface area contributed by atoms with Crippen LogP contribution in [0.5, 0.6) is 0 Å². The Kier molecular flexibility index (Phi) is 6.74. The molecule has 9 heteroatoms. The van der Waals surface area contributed by atoms with Crippen molar-refractivity contribution in [1.29, 1.82) is 0 Å². The summed E-state index contributed by atoms with van der Waals surface area (Å²) >= 11 is 0. The zero-order valence-corrected chi connectivity index (χ0v) is 16.8. The molecule has 28 heavy (non-hydrogen) atoms. The van der Waals surface area contributed by atoms with Gasteiger partial charge in [0, 0.05) is 30.8 Å². The maximum Gasteiger partial charge on any atom is 0.271 e. The summed E-state index contributed by atoms with van der Waals surface area (Å²) in [4.78, 5) is 22.4. The molecule has 0 bridgehead atoms. The summed E-state index contributed by atoms with van der Waals surface area (Å²) in [6, 6.07) is 11.1. The highest BCUT2D eigenvalue weighted by atomic mass is 32.2. The normalized spacial score (nSPS) is 11.1. The molecule has 0 aliphatic rings. The topological polar surface area (TPSA) is 110 Å². The second-order valence-corrected chi connectivity index (χ2v) is 8.42. The molecule has 1 amide bonds. The van der Waals surface area contributed by atoms with Gasteiger partial charge < -0.3 is 5.32 Å². The molecule has 0 aromatic heterocycles. The first-order valence-electron chi connectivity index (χ1n) is 8.68. The number of carbonyl (C=O) groups is 1. The number of rotatable bonds is 8. The number of sulfonamides is 1. The number of nitro benzene ring substituents is 1. The highest BCUT2D eigenvalue weighted by molar-refractivity contribution is 7.92. The Hall–Kier alpha value is -2.94. The van der Waals surface area contributed by atoms with Crippen LogP contribution in [0.3, 0.4) is 0 Å². The molecule has 0 aliphatic heterocycles. The van der Waals surface area contributed by atoms with Crippen molar-refractivity contribution >= 4 is 33.0 Å². The van der Waals surface area contributed by atoms with Gasteiger partial charge in [0.25, 0.3) is 5.69 Å². The van der Waals surface area contributed by atoms with Gasteiger partial charge in [-0.15, -0.1) is 0 Å². The number of nitrogens with one attached hydrogen (secondary N) is 1. The number of aryl methyl sites for hydroxylation is 1. The Morgan fingerprint density at radius 1 is 1.18 bits per heavy atom. The molecule has 0 aliphatic carbocycles. The van der Waals surface area contributed by atoms with Gasteiger partial charge in [0.05, 0.1) is 16.9 Å². The van der Waals surface area contributed by atoms with E-state index >= 15 is 0 Å². The number of benzene rings is 2. The van der Waals surface area contributed by atoms with Crippen LogP contribution in [-0.4, -0.2) is 32.0 Å². The minimum Gasteiger partial charge on any atom is -0.326 e. The van der Waals surface area contributed by atoms with E-state index in [9.17, 15) is 23.3 Å². The third kappa shape index (κ3) is 5.53. The summed E-state index contributed by atoms with van der Waals surface area (Å²) in [5.74, 6) is -0.338. The summed E-state index contributed by atoms with van der Waals surface area (Å²) < 4.78 is 25.8. The van der Waals surface area contributed by atoms with Gasteiger partial charge in [-0.3, -0.25) is 19.2 Å². The maximum atomic E-state index is 12.2. The smallest absolute Gasteiger partial charge is 0.271 e. The zero-order chi connectivity index (χ0) is 20.9. The van der Waals surface area contributed by atoms with Crippen LogP contribution in [0.4, 0.5) is 17.1 Å². The fraction of sp³-hybridized carbons (Fsp3) is 0.316. The predicted molar refractivity (Wildman–Crippen MR) is 109 cm³/mol. The molecule has 2 rings (SSSR count). The second-order valence-electron chi connectivity index (χ2n) is 6.51. The number of carbonyl (C=O) groups excluding carboxylic acids is 1. The van der Waals surface area contributed by atoms with E-state index in [1.54, 1.807) is 18.2 Å². The van der Waals surface area contributed by atoms with Crippen molar-refractivity contribution in [3.8, 4) is 0 Å². The Morgan fingerprint density at radius 2 is 1.86 bits per heavy atom. The first-order valence-corrected chi connectivity index (χ1v) is 10.5. The average Bonchev–Trinajstić information content (AvgIpc) is 2.61. The summed E-state index contributed by atoms with van der Waals surface area (Å²) in [7, 11) is -3.50. The van der Waals surface area contributed by atoms with Gasteiger partial charge in [-0.25, -0.2) is 8.42 Å². The van der Waals surface area contributed by atoms with Crippen molar-refractivity contribution in [3.63, 3.8) is 0 Å². The van der Waals surface area contributed by atoms with Gasteiger partial charge >= 0.3 is 0 Å². The van der Waals surface area contributed by atoms with E-state index in [4.69, 9.17) is 0 Å². The molecule has 0 radical (unpaired) electrons. The van der Waals surface area contributed by atoms with E-state index < -0.39 is 14.9 Å². The third-order valence-electron chi connectivity index (χ3n) is 4.35. The lowest BCUT2D eigenvalue weighted by Crippen LogP contribution is -2.32. The minimum atomic E-state index is -3.50. The van der Waals surface area contributed by atoms with E-state index in [0.717, 1.165) is 17.4 Å². The Bertz CT molecular complexity index is 989. The average molecular weight is 405 g/mol. The molecule has 0 unspecified atom stereocenters. The lowest BCUT2D eigenvalue weighted by molar-refractivity contribution is -0.384. The largest absolute Gasteiger partial charge is 0.326 e. The Balaban J connectivity index is 2.03. The van der Waals surface area contributed by atoms with Gasteiger partial charge in [-0.05, 0) is 43.5 Å². The molecule has 2 aromatic carbocycles. The zero-order valence-electron chi connectivity index (χ0n) is 16.0. The van der Waals surface area contributed by atoms with Crippen LogP contribution in [0.15, 0.2) is 42.5 Å². The molecule has 0 atom stereocenters. The van der Waals surface area contributed by atoms with Gasteiger partial charge in [0.15, 0.2) is 0 Å². The first-order chi connectivity index (χ1) is 13.1. The third-order valence-corrected chi connectivity index (χ3v) is 5.53.